The Hall–Kier alpha value is -7.94. The fraction of sp³-hybridized carbons (Fsp3) is 0. The standard InChI is InChI=1S/C58H39NO/c1-4-20-53-43(11-1)14-9-22-55(53)45-27-25-40(26-28-45)41-29-33-50(34-30-41)59(52-19-8-17-47(38-52)56-23-10-15-44-12-2-5-21-54(44)56)51-35-31-42(32-36-51)46-16-7-18-48(37-46)58-39-49-13-3-6-24-57(49)60-58/h1-39H. The molecule has 0 N–H and O–H groups in total. The molecule has 2 heteroatoms. The molecule has 2 nitrogen and oxygen atoms in total. The number of para-hydroxylation sites is 1. The van der Waals surface area contributed by atoms with Gasteiger partial charge in [-0.25, -0.2) is 0 Å². The van der Waals surface area contributed by atoms with E-state index in [0.717, 1.165) is 50.5 Å². The van der Waals surface area contributed by atoms with Crippen molar-refractivity contribution in [3.05, 3.63) is 237 Å². The molecule has 11 rings (SSSR count). The second-order valence-electron chi connectivity index (χ2n) is 15.3. The van der Waals surface area contributed by atoms with Crippen LogP contribution in [0.15, 0.2) is 241 Å². The molecule has 11 aromatic rings. The molecular weight excluding hydrogens is 727 g/mol. The van der Waals surface area contributed by atoms with E-state index in [9.17, 15) is 0 Å². The van der Waals surface area contributed by atoms with E-state index in [2.05, 4.69) is 223 Å². The van der Waals surface area contributed by atoms with Crippen LogP contribution in [0.3, 0.4) is 0 Å². The summed E-state index contributed by atoms with van der Waals surface area (Å²) in [5.74, 6) is 0.871. The number of benzene rings is 10. The number of nitrogens with zero attached hydrogens (tertiary/aromatic N) is 1. The predicted molar refractivity (Wildman–Crippen MR) is 253 cm³/mol. The van der Waals surface area contributed by atoms with Gasteiger partial charge in [0, 0.05) is 28.0 Å². The SMILES string of the molecule is c1cc(-c2ccc(N(c3ccc(-c4ccc(-c5cccc6ccccc56)cc4)cc3)c3cccc(-c4cccc5ccccc45)c3)cc2)cc(-c2cc3ccccc3o2)c1. The Labute approximate surface area is 349 Å². The largest absolute Gasteiger partial charge is 0.456 e. The first-order valence-electron chi connectivity index (χ1n) is 20.5. The summed E-state index contributed by atoms with van der Waals surface area (Å²) in [6, 6.07) is 84.9. The van der Waals surface area contributed by atoms with Crippen molar-refractivity contribution in [2.75, 3.05) is 4.90 Å². The second-order valence-corrected chi connectivity index (χ2v) is 15.3. The van der Waals surface area contributed by atoms with Crippen molar-refractivity contribution in [3.8, 4) is 55.8 Å². The molecule has 0 unspecified atom stereocenters. The molecule has 0 amide bonds. The van der Waals surface area contributed by atoms with Gasteiger partial charge in [0.1, 0.15) is 11.3 Å². The summed E-state index contributed by atoms with van der Waals surface area (Å²) in [6.45, 7) is 0. The number of fused-ring (bicyclic) bond motifs is 3. The lowest BCUT2D eigenvalue weighted by atomic mass is 9.96. The fourth-order valence-electron chi connectivity index (χ4n) is 8.64. The highest BCUT2D eigenvalue weighted by Crippen LogP contribution is 2.40. The molecule has 0 atom stereocenters. The third kappa shape index (κ3) is 6.61. The van der Waals surface area contributed by atoms with E-state index >= 15 is 0 Å². The molecule has 60 heavy (non-hydrogen) atoms. The zero-order valence-corrected chi connectivity index (χ0v) is 32.9. The van der Waals surface area contributed by atoms with Gasteiger partial charge in [0.15, 0.2) is 0 Å². The highest BCUT2D eigenvalue weighted by atomic mass is 16.3. The van der Waals surface area contributed by atoms with Crippen LogP contribution in [0.5, 0.6) is 0 Å². The summed E-state index contributed by atoms with van der Waals surface area (Å²) in [6.07, 6.45) is 0. The Kier molecular flexibility index (Phi) is 8.87. The summed E-state index contributed by atoms with van der Waals surface area (Å²) >= 11 is 0. The number of anilines is 3. The molecule has 0 aliphatic carbocycles. The van der Waals surface area contributed by atoms with Crippen molar-refractivity contribution < 1.29 is 4.42 Å². The van der Waals surface area contributed by atoms with Crippen molar-refractivity contribution in [1.29, 1.82) is 0 Å². The van der Waals surface area contributed by atoms with Crippen LogP contribution in [0.4, 0.5) is 17.1 Å². The van der Waals surface area contributed by atoms with E-state index in [-0.39, 0.29) is 0 Å². The lowest BCUT2D eigenvalue weighted by Gasteiger charge is -2.26. The maximum absolute atomic E-state index is 6.23. The number of hydrogen-bond acceptors (Lipinski definition) is 2. The second kappa shape index (κ2) is 15.1. The Bertz CT molecular complexity index is 3260. The van der Waals surface area contributed by atoms with E-state index in [1.807, 2.05) is 18.2 Å². The van der Waals surface area contributed by atoms with Gasteiger partial charge in [0.25, 0.3) is 0 Å². The average Bonchev–Trinajstić information content (AvgIpc) is 3.77. The van der Waals surface area contributed by atoms with Crippen LogP contribution in [0.25, 0.3) is 88.3 Å². The highest BCUT2D eigenvalue weighted by molar-refractivity contribution is 5.98. The quantitative estimate of drug-likeness (QED) is 0.153. The van der Waals surface area contributed by atoms with Gasteiger partial charge in [-0.05, 0) is 121 Å². The number of rotatable bonds is 8. The number of furan rings is 1. The molecule has 0 saturated heterocycles. The summed E-state index contributed by atoms with van der Waals surface area (Å²) in [7, 11) is 0. The van der Waals surface area contributed by atoms with Crippen LogP contribution < -0.4 is 4.90 Å². The van der Waals surface area contributed by atoms with Crippen molar-refractivity contribution in [2.24, 2.45) is 0 Å². The van der Waals surface area contributed by atoms with Crippen LogP contribution >= 0.6 is 0 Å². The third-order valence-corrected chi connectivity index (χ3v) is 11.7. The Morgan fingerprint density at radius 1 is 0.267 bits per heavy atom. The maximum Gasteiger partial charge on any atom is 0.135 e. The zero-order chi connectivity index (χ0) is 39.8. The van der Waals surface area contributed by atoms with Crippen molar-refractivity contribution in [2.45, 2.75) is 0 Å². The molecule has 0 aliphatic heterocycles. The minimum absolute atomic E-state index is 0.871. The third-order valence-electron chi connectivity index (χ3n) is 11.7. The first-order chi connectivity index (χ1) is 29.7. The van der Waals surface area contributed by atoms with Crippen LogP contribution in [0.1, 0.15) is 0 Å². The minimum atomic E-state index is 0.871. The normalized spacial score (nSPS) is 11.3. The van der Waals surface area contributed by atoms with E-state index in [1.165, 1.54) is 54.9 Å². The zero-order valence-electron chi connectivity index (χ0n) is 32.9. The van der Waals surface area contributed by atoms with Gasteiger partial charge in [-0.2, -0.15) is 0 Å². The van der Waals surface area contributed by atoms with Crippen molar-refractivity contribution >= 4 is 49.6 Å². The summed E-state index contributed by atoms with van der Waals surface area (Å²) in [5.41, 5.74) is 14.7. The molecule has 10 aromatic carbocycles. The van der Waals surface area contributed by atoms with Crippen LogP contribution in [-0.2, 0) is 0 Å². The molecule has 1 heterocycles. The van der Waals surface area contributed by atoms with Crippen LogP contribution in [0.2, 0.25) is 0 Å². The lowest BCUT2D eigenvalue weighted by molar-refractivity contribution is 0.631. The maximum atomic E-state index is 6.23. The first kappa shape index (κ1) is 35.2. The van der Waals surface area contributed by atoms with Gasteiger partial charge in [0.2, 0.25) is 0 Å². The molecule has 0 aliphatic rings. The van der Waals surface area contributed by atoms with Crippen LogP contribution in [0, 0.1) is 0 Å². The van der Waals surface area contributed by atoms with Gasteiger partial charge in [-0.3, -0.25) is 0 Å². The fourth-order valence-corrected chi connectivity index (χ4v) is 8.64. The van der Waals surface area contributed by atoms with Crippen LogP contribution in [-0.4, -0.2) is 0 Å². The van der Waals surface area contributed by atoms with Crippen molar-refractivity contribution in [3.63, 3.8) is 0 Å². The smallest absolute Gasteiger partial charge is 0.135 e. The summed E-state index contributed by atoms with van der Waals surface area (Å²) < 4.78 is 6.23. The van der Waals surface area contributed by atoms with Gasteiger partial charge >= 0.3 is 0 Å². The molecule has 0 spiro atoms. The Balaban J connectivity index is 0.950. The highest BCUT2D eigenvalue weighted by Gasteiger charge is 2.16. The molecule has 0 radical (unpaired) electrons. The molecule has 1 aromatic heterocycles. The van der Waals surface area contributed by atoms with Gasteiger partial charge in [-0.15, -0.1) is 0 Å². The van der Waals surface area contributed by atoms with Gasteiger partial charge in [0.05, 0.1) is 0 Å². The molecule has 282 valence electrons. The number of hydrogen-bond donors (Lipinski definition) is 0. The lowest BCUT2D eigenvalue weighted by Crippen LogP contribution is -2.10. The Morgan fingerprint density at radius 3 is 1.38 bits per heavy atom. The molecule has 0 saturated carbocycles. The average molecular weight is 766 g/mol. The minimum Gasteiger partial charge on any atom is -0.456 e. The van der Waals surface area contributed by atoms with E-state index in [0.29, 0.717) is 0 Å². The summed E-state index contributed by atoms with van der Waals surface area (Å²) in [5, 5.41) is 6.11. The molecule has 0 fully saturated rings. The molecule has 0 bridgehead atoms. The van der Waals surface area contributed by atoms with Crippen molar-refractivity contribution in [1.82, 2.24) is 0 Å². The van der Waals surface area contributed by atoms with E-state index < -0.39 is 0 Å². The summed E-state index contributed by atoms with van der Waals surface area (Å²) in [4.78, 5) is 2.36. The Morgan fingerprint density at radius 2 is 0.733 bits per heavy atom. The topological polar surface area (TPSA) is 16.4 Å². The van der Waals surface area contributed by atoms with E-state index in [1.54, 1.807) is 0 Å². The monoisotopic (exact) mass is 765 g/mol. The predicted octanol–water partition coefficient (Wildman–Crippen LogP) is 16.5. The first-order valence-corrected chi connectivity index (χ1v) is 20.5. The van der Waals surface area contributed by atoms with Gasteiger partial charge in [-0.1, -0.05) is 182 Å². The molecular formula is C58H39NO. The van der Waals surface area contributed by atoms with E-state index in [4.69, 9.17) is 4.42 Å². The van der Waals surface area contributed by atoms with Gasteiger partial charge < -0.3 is 9.32 Å².